The van der Waals surface area contributed by atoms with E-state index >= 15 is 0 Å². The number of halogens is 3. The van der Waals surface area contributed by atoms with Gasteiger partial charge >= 0.3 is 6.18 Å². The molecule has 2 aliphatic rings. The summed E-state index contributed by atoms with van der Waals surface area (Å²) >= 11 is 0. The fourth-order valence-corrected chi connectivity index (χ4v) is 6.12. The number of benzene rings is 1. The van der Waals surface area contributed by atoms with Gasteiger partial charge in [-0.15, -0.1) is 0 Å². The Morgan fingerprint density at radius 2 is 1.97 bits per heavy atom. The van der Waals surface area contributed by atoms with Crippen LogP contribution in [0.25, 0.3) is 0 Å². The first-order chi connectivity index (χ1) is 16.8. The quantitative estimate of drug-likeness (QED) is 0.556. The van der Waals surface area contributed by atoms with E-state index < -0.39 is 21.4 Å². The van der Waals surface area contributed by atoms with Crippen molar-refractivity contribution in [2.45, 2.75) is 45.6 Å². The molecular formula is C26H33F3N4O2S. The second-order valence-corrected chi connectivity index (χ2v) is 12.7. The summed E-state index contributed by atoms with van der Waals surface area (Å²) in [5.41, 5.74) is 2.49. The molecule has 4 rings (SSSR count). The standard InChI is InChI=1S/C26H33F3N4O2S/c1-17(2)24-23-21(16-32(24)14-18-5-7-22(8-6-18)26(27,28)29)11-20(13-30-23)25(34)31-12-19-9-10-33(15-19)36(3,4)35/h5-8,11,13,17,19,24H,3,9-10,12,14-16H2,1-2,4H3,(H,31,34)/t19?,24-,36?/m0/s1. The van der Waals surface area contributed by atoms with Crippen LogP contribution in [0.1, 0.15) is 59.1 Å². The molecule has 0 saturated carbocycles. The van der Waals surface area contributed by atoms with Crippen LogP contribution in [0.5, 0.6) is 0 Å². The lowest BCUT2D eigenvalue weighted by atomic mass is 9.99. The van der Waals surface area contributed by atoms with Crippen LogP contribution in [0.4, 0.5) is 13.2 Å². The molecular weight excluding hydrogens is 489 g/mol. The first kappa shape index (κ1) is 26.6. The molecule has 1 amide bonds. The SMILES string of the molecule is C=S(C)(=O)N1CCC(CNC(=O)c2cnc3c(c2)CN(Cc2ccc(C(F)(F)F)cc2)[C@H]3C(C)C)C1. The number of aromatic nitrogens is 1. The van der Waals surface area contributed by atoms with Crippen molar-refractivity contribution in [1.29, 1.82) is 0 Å². The van der Waals surface area contributed by atoms with Gasteiger partial charge in [-0.3, -0.25) is 18.9 Å². The number of hydrogen-bond acceptors (Lipinski definition) is 4. The van der Waals surface area contributed by atoms with Crippen LogP contribution in [0, 0.1) is 11.8 Å². The number of nitrogens with one attached hydrogen (secondary N) is 1. The maximum Gasteiger partial charge on any atom is 0.416 e. The van der Waals surface area contributed by atoms with Gasteiger partial charge in [-0.05, 0) is 53.5 Å². The fraction of sp³-hybridized carbons (Fsp3) is 0.500. The highest BCUT2D eigenvalue weighted by Gasteiger charge is 2.35. The van der Waals surface area contributed by atoms with E-state index in [-0.39, 0.29) is 23.8 Å². The summed E-state index contributed by atoms with van der Waals surface area (Å²) in [6, 6.07) is 7.15. The number of amides is 1. The molecule has 2 aliphatic heterocycles. The van der Waals surface area contributed by atoms with Crippen LogP contribution in [0.2, 0.25) is 0 Å². The highest BCUT2D eigenvalue weighted by atomic mass is 32.2. The van der Waals surface area contributed by atoms with Crippen molar-refractivity contribution in [3.63, 3.8) is 0 Å². The predicted octanol–water partition coefficient (Wildman–Crippen LogP) is 4.13. The molecule has 0 bridgehead atoms. The highest BCUT2D eigenvalue weighted by molar-refractivity contribution is 7.97. The van der Waals surface area contributed by atoms with E-state index in [1.807, 2.05) is 10.4 Å². The molecule has 10 heteroatoms. The zero-order valence-electron chi connectivity index (χ0n) is 20.8. The number of rotatable bonds is 7. The highest BCUT2D eigenvalue weighted by Crippen LogP contribution is 2.39. The zero-order valence-corrected chi connectivity index (χ0v) is 21.7. The average Bonchev–Trinajstić information content (AvgIpc) is 3.41. The Morgan fingerprint density at radius 1 is 1.28 bits per heavy atom. The third-order valence-corrected chi connectivity index (χ3v) is 8.38. The second-order valence-electron chi connectivity index (χ2n) is 10.3. The fourth-order valence-electron chi connectivity index (χ4n) is 5.11. The van der Waals surface area contributed by atoms with Gasteiger partial charge in [0.05, 0.1) is 22.9 Å². The van der Waals surface area contributed by atoms with E-state index in [9.17, 15) is 22.2 Å². The Kier molecular flexibility index (Phi) is 7.50. The molecule has 0 radical (unpaired) electrons. The van der Waals surface area contributed by atoms with Crippen molar-refractivity contribution in [2.75, 3.05) is 25.9 Å². The lowest BCUT2D eigenvalue weighted by Crippen LogP contribution is -2.32. The molecule has 1 aromatic carbocycles. The van der Waals surface area contributed by atoms with Gasteiger partial charge in [-0.2, -0.15) is 13.2 Å². The first-order valence-electron chi connectivity index (χ1n) is 12.1. The normalized spacial score (nSPS) is 22.5. The molecule has 3 heterocycles. The second kappa shape index (κ2) is 10.1. The third-order valence-electron chi connectivity index (χ3n) is 6.96. The summed E-state index contributed by atoms with van der Waals surface area (Å²) in [6.07, 6.45) is -0.264. The van der Waals surface area contributed by atoms with E-state index in [1.54, 1.807) is 12.5 Å². The minimum Gasteiger partial charge on any atom is -0.352 e. The number of carbonyl (C=O) groups excluding carboxylic acids is 1. The van der Waals surface area contributed by atoms with Crippen molar-refractivity contribution < 1.29 is 22.2 Å². The molecule has 1 fully saturated rings. The van der Waals surface area contributed by atoms with Crippen LogP contribution in [0.3, 0.4) is 0 Å². The number of nitrogens with zero attached hydrogens (tertiary/aromatic N) is 3. The van der Waals surface area contributed by atoms with Crippen molar-refractivity contribution in [3.05, 3.63) is 64.5 Å². The van der Waals surface area contributed by atoms with Gasteiger partial charge in [0.1, 0.15) is 0 Å². The van der Waals surface area contributed by atoms with Crippen molar-refractivity contribution >= 4 is 21.5 Å². The number of pyridine rings is 1. The van der Waals surface area contributed by atoms with Crippen LogP contribution in [-0.4, -0.2) is 56.1 Å². The monoisotopic (exact) mass is 522 g/mol. The van der Waals surface area contributed by atoms with Crippen molar-refractivity contribution in [2.24, 2.45) is 11.8 Å². The predicted molar refractivity (Wildman–Crippen MR) is 136 cm³/mol. The third kappa shape index (κ3) is 5.92. The molecule has 1 N–H and O–H groups in total. The van der Waals surface area contributed by atoms with Crippen LogP contribution in [-0.2, 0) is 29.0 Å². The molecule has 3 atom stereocenters. The summed E-state index contributed by atoms with van der Waals surface area (Å²) in [7, 11) is -2.23. The summed E-state index contributed by atoms with van der Waals surface area (Å²) < 4.78 is 52.8. The minimum atomic E-state index is -4.36. The molecule has 36 heavy (non-hydrogen) atoms. The van der Waals surface area contributed by atoms with E-state index in [1.165, 1.54) is 12.1 Å². The van der Waals surface area contributed by atoms with Crippen LogP contribution < -0.4 is 5.32 Å². The molecule has 6 nitrogen and oxygen atoms in total. The molecule has 2 aromatic rings. The van der Waals surface area contributed by atoms with Crippen LogP contribution >= 0.6 is 0 Å². The minimum absolute atomic E-state index is 0.00966. The van der Waals surface area contributed by atoms with E-state index in [4.69, 9.17) is 0 Å². The average molecular weight is 523 g/mol. The van der Waals surface area contributed by atoms with Crippen LogP contribution in [0.15, 0.2) is 36.5 Å². The topological polar surface area (TPSA) is 65.5 Å². The summed E-state index contributed by atoms with van der Waals surface area (Å²) in [6.45, 7) is 7.10. The zero-order chi connectivity index (χ0) is 26.3. The summed E-state index contributed by atoms with van der Waals surface area (Å²) in [4.78, 5) is 19.7. The Bertz CT molecular complexity index is 1210. The molecule has 196 valence electrons. The van der Waals surface area contributed by atoms with Gasteiger partial charge in [-0.25, -0.2) is 4.31 Å². The van der Waals surface area contributed by atoms with Gasteiger partial charge in [0.15, 0.2) is 0 Å². The lowest BCUT2D eigenvalue weighted by molar-refractivity contribution is -0.137. The smallest absolute Gasteiger partial charge is 0.352 e. The van der Waals surface area contributed by atoms with Gasteiger partial charge in [0.25, 0.3) is 5.91 Å². The lowest BCUT2D eigenvalue weighted by Gasteiger charge is -2.27. The Balaban J connectivity index is 1.42. The Hall–Kier alpha value is -2.43. The van der Waals surface area contributed by atoms with Crippen molar-refractivity contribution in [3.8, 4) is 0 Å². The van der Waals surface area contributed by atoms with Gasteiger partial charge in [0.2, 0.25) is 0 Å². The Labute approximate surface area is 211 Å². The number of hydrogen-bond donors (Lipinski definition) is 1. The van der Waals surface area contributed by atoms with E-state index in [0.29, 0.717) is 38.3 Å². The van der Waals surface area contributed by atoms with E-state index in [2.05, 4.69) is 34.9 Å². The van der Waals surface area contributed by atoms with E-state index in [0.717, 1.165) is 35.4 Å². The largest absolute Gasteiger partial charge is 0.416 e. The number of carbonyl (C=O) groups is 1. The summed E-state index contributed by atoms with van der Waals surface area (Å²) in [5, 5.41) is 2.98. The molecule has 1 aromatic heterocycles. The number of alkyl halides is 3. The summed E-state index contributed by atoms with van der Waals surface area (Å²) in [5.74, 6) is 4.00. The maximum absolute atomic E-state index is 12.9. The molecule has 1 saturated heterocycles. The molecule has 2 unspecified atom stereocenters. The Morgan fingerprint density at radius 3 is 2.56 bits per heavy atom. The van der Waals surface area contributed by atoms with Gasteiger partial charge < -0.3 is 5.32 Å². The first-order valence-corrected chi connectivity index (χ1v) is 14.2. The molecule has 0 aliphatic carbocycles. The van der Waals surface area contributed by atoms with Gasteiger partial charge in [-0.1, -0.05) is 26.0 Å². The molecule has 0 spiro atoms. The maximum atomic E-state index is 12.9. The number of fused-ring (bicyclic) bond motifs is 1. The van der Waals surface area contributed by atoms with Gasteiger partial charge in [0, 0.05) is 54.9 Å². The van der Waals surface area contributed by atoms with Crippen molar-refractivity contribution in [1.82, 2.24) is 19.5 Å².